The number of phenols is 1. The minimum atomic E-state index is -0.269. The highest BCUT2D eigenvalue weighted by atomic mass is 32.1. The molecule has 182 valence electrons. The van der Waals surface area contributed by atoms with E-state index in [1.165, 1.54) is 6.92 Å². The first-order chi connectivity index (χ1) is 17.5. The van der Waals surface area contributed by atoms with Crippen LogP contribution in [0.15, 0.2) is 85.2 Å². The lowest BCUT2D eigenvalue weighted by Crippen LogP contribution is -2.30. The van der Waals surface area contributed by atoms with E-state index in [-0.39, 0.29) is 23.7 Å². The number of phenolic OH excluding ortho intramolecular Hbond substituents is 1. The molecule has 2 atom stereocenters. The number of pyridine rings is 1. The summed E-state index contributed by atoms with van der Waals surface area (Å²) in [4.78, 5) is 18.5. The molecule has 2 aromatic heterocycles. The van der Waals surface area contributed by atoms with E-state index in [0.29, 0.717) is 16.5 Å². The number of aromatic hydroxyl groups is 1. The molecule has 2 aromatic carbocycles. The predicted molar refractivity (Wildman–Crippen MR) is 143 cm³/mol. The van der Waals surface area contributed by atoms with Gasteiger partial charge in [-0.05, 0) is 78.9 Å². The van der Waals surface area contributed by atoms with Crippen LogP contribution in [0, 0.1) is 0 Å². The molecule has 0 spiro atoms. The fourth-order valence-electron chi connectivity index (χ4n) is 4.55. The number of ether oxygens (including phenoxy) is 1. The molecule has 4 aromatic rings. The standard InChI is InChI=1S/C27H25N5O3S/c1-17(33)29-22-16-19(10-13-24(22)35-2)32-26(25(30-27(32)36)21-6-3-4-14-28-21)23-7-5-15-31(23)18-8-11-20(34)12-9-18/h3-16,25-26,34H,1-2H3,(H,29,33)(H,30,36)/t25-,26-/m0/s1. The van der Waals surface area contributed by atoms with Crippen molar-refractivity contribution >= 4 is 34.6 Å². The third-order valence-electron chi connectivity index (χ3n) is 6.08. The van der Waals surface area contributed by atoms with Crippen LogP contribution in [-0.4, -0.2) is 32.8 Å². The first-order valence-corrected chi connectivity index (χ1v) is 11.8. The van der Waals surface area contributed by atoms with Gasteiger partial charge in [-0.2, -0.15) is 0 Å². The number of rotatable bonds is 6. The molecule has 3 N–H and O–H groups in total. The van der Waals surface area contributed by atoms with E-state index in [1.807, 2.05) is 71.8 Å². The zero-order valence-electron chi connectivity index (χ0n) is 19.8. The molecule has 5 rings (SSSR count). The fraction of sp³-hybridized carbons (Fsp3) is 0.148. The molecule has 0 aliphatic carbocycles. The van der Waals surface area contributed by atoms with Gasteiger partial charge in [-0.1, -0.05) is 6.07 Å². The Labute approximate surface area is 214 Å². The zero-order chi connectivity index (χ0) is 25.2. The lowest BCUT2D eigenvalue weighted by Gasteiger charge is -2.29. The molecule has 1 fully saturated rings. The molecular formula is C27H25N5O3S. The minimum Gasteiger partial charge on any atom is -0.508 e. The van der Waals surface area contributed by atoms with Crippen LogP contribution in [0.1, 0.15) is 30.4 Å². The number of carbonyl (C=O) groups is 1. The highest BCUT2D eigenvalue weighted by molar-refractivity contribution is 7.80. The summed E-state index contributed by atoms with van der Waals surface area (Å²) in [6.45, 7) is 1.46. The molecule has 8 nitrogen and oxygen atoms in total. The van der Waals surface area contributed by atoms with Crippen LogP contribution >= 0.6 is 12.2 Å². The zero-order valence-corrected chi connectivity index (χ0v) is 20.6. The van der Waals surface area contributed by atoms with E-state index in [9.17, 15) is 9.90 Å². The average Bonchev–Trinajstić information content (AvgIpc) is 3.49. The molecule has 3 heterocycles. The number of methoxy groups -OCH3 is 1. The Bertz CT molecular complexity index is 1400. The lowest BCUT2D eigenvalue weighted by molar-refractivity contribution is -0.114. The molecule has 9 heteroatoms. The normalized spacial score (nSPS) is 17.1. The SMILES string of the molecule is COc1ccc(N2C(=S)N[C@@H](c3ccccn3)[C@@H]2c2cccn2-c2ccc(O)cc2)cc1NC(C)=O. The summed E-state index contributed by atoms with van der Waals surface area (Å²) in [5.41, 5.74) is 4.07. The van der Waals surface area contributed by atoms with E-state index in [2.05, 4.69) is 20.2 Å². The number of benzene rings is 2. The van der Waals surface area contributed by atoms with E-state index in [0.717, 1.165) is 22.8 Å². The van der Waals surface area contributed by atoms with Gasteiger partial charge in [0.2, 0.25) is 5.91 Å². The van der Waals surface area contributed by atoms with Crippen molar-refractivity contribution in [2.45, 2.75) is 19.0 Å². The smallest absolute Gasteiger partial charge is 0.221 e. The maximum Gasteiger partial charge on any atom is 0.221 e. The molecule has 0 radical (unpaired) electrons. The molecule has 1 amide bonds. The van der Waals surface area contributed by atoms with E-state index in [4.69, 9.17) is 17.0 Å². The van der Waals surface area contributed by atoms with Crippen LogP contribution in [0.25, 0.3) is 5.69 Å². The van der Waals surface area contributed by atoms with Crippen LogP contribution < -0.4 is 20.3 Å². The van der Waals surface area contributed by atoms with E-state index >= 15 is 0 Å². The maximum atomic E-state index is 11.8. The topological polar surface area (TPSA) is 91.7 Å². The first kappa shape index (κ1) is 23.4. The number of hydrogen-bond donors (Lipinski definition) is 3. The summed E-state index contributed by atoms with van der Waals surface area (Å²) in [5, 5.41) is 16.6. The predicted octanol–water partition coefficient (Wildman–Crippen LogP) is 4.72. The monoisotopic (exact) mass is 499 g/mol. The van der Waals surface area contributed by atoms with Crippen LogP contribution in [0.2, 0.25) is 0 Å². The molecule has 0 unspecified atom stereocenters. The number of thiocarbonyl (C=S) groups is 1. The van der Waals surface area contributed by atoms with Gasteiger partial charge < -0.3 is 29.9 Å². The Kier molecular flexibility index (Phi) is 6.30. The van der Waals surface area contributed by atoms with Gasteiger partial charge in [-0.25, -0.2) is 0 Å². The van der Waals surface area contributed by atoms with Crippen molar-refractivity contribution in [1.82, 2.24) is 14.9 Å². The number of hydrogen-bond acceptors (Lipinski definition) is 5. The molecule has 36 heavy (non-hydrogen) atoms. The van der Waals surface area contributed by atoms with E-state index in [1.54, 1.807) is 25.4 Å². The summed E-state index contributed by atoms with van der Waals surface area (Å²) < 4.78 is 7.52. The summed E-state index contributed by atoms with van der Waals surface area (Å²) in [6, 6.07) is 22.0. The number of nitrogens with one attached hydrogen (secondary N) is 2. The summed E-state index contributed by atoms with van der Waals surface area (Å²) in [5.74, 6) is 0.557. The van der Waals surface area contributed by atoms with Crippen molar-refractivity contribution in [3.8, 4) is 17.2 Å². The number of anilines is 2. The largest absolute Gasteiger partial charge is 0.508 e. The number of carbonyl (C=O) groups excluding carboxylic acids is 1. The maximum absolute atomic E-state index is 11.8. The highest BCUT2D eigenvalue weighted by Crippen LogP contribution is 2.43. The molecular weight excluding hydrogens is 474 g/mol. The second kappa shape index (κ2) is 9.71. The Morgan fingerprint density at radius 1 is 1.08 bits per heavy atom. The van der Waals surface area contributed by atoms with Crippen molar-refractivity contribution in [3.05, 3.63) is 96.6 Å². The fourth-order valence-corrected chi connectivity index (χ4v) is 4.90. The van der Waals surface area contributed by atoms with Gasteiger partial charge in [-0.3, -0.25) is 9.78 Å². The van der Waals surface area contributed by atoms with E-state index < -0.39 is 0 Å². The third kappa shape index (κ3) is 4.36. The van der Waals surface area contributed by atoms with Crippen LogP contribution in [0.4, 0.5) is 11.4 Å². The van der Waals surface area contributed by atoms with Crippen LogP contribution in [-0.2, 0) is 4.79 Å². The van der Waals surface area contributed by atoms with Gasteiger partial charge in [-0.15, -0.1) is 0 Å². The lowest BCUT2D eigenvalue weighted by atomic mass is 10.0. The van der Waals surface area contributed by atoms with Gasteiger partial charge in [0, 0.05) is 36.4 Å². The highest BCUT2D eigenvalue weighted by Gasteiger charge is 2.42. The van der Waals surface area contributed by atoms with Crippen molar-refractivity contribution in [2.24, 2.45) is 0 Å². The number of amides is 1. The second-order valence-corrected chi connectivity index (χ2v) is 8.77. The van der Waals surface area contributed by atoms with Gasteiger partial charge in [0.1, 0.15) is 17.5 Å². The molecule has 1 aliphatic rings. The van der Waals surface area contributed by atoms with Crippen LogP contribution in [0.5, 0.6) is 11.5 Å². The average molecular weight is 500 g/mol. The second-order valence-electron chi connectivity index (χ2n) is 8.38. The van der Waals surface area contributed by atoms with Crippen molar-refractivity contribution in [3.63, 3.8) is 0 Å². The summed E-state index contributed by atoms with van der Waals surface area (Å²) in [7, 11) is 1.56. The molecule has 1 aliphatic heterocycles. The van der Waals surface area contributed by atoms with Crippen LogP contribution in [0.3, 0.4) is 0 Å². The first-order valence-electron chi connectivity index (χ1n) is 11.4. The summed E-state index contributed by atoms with van der Waals surface area (Å²) in [6.07, 6.45) is 3.74. The van der Waals surface area contributed by atoms with Gasteiger partial charge in [0.15, 0.2) is 5.11 Å². The minimum absolute atomic E-state index is 0.198. The van der Waals surface area contributed by atoms with Crippen molar-refractivity contribution < 1.29 is 14.6 Å². The molecule has 1 saturated heterocycles. The Hall–Kier alpha value is -4.37. The van der Waals surface area contributed by atoms with Gasteiger partial charge in [0.25, 0.3) is 0 Å². The van der Waals surface area contributed by atoms with Crippen molar-refractivity contribution in [2.75, 3.05) is 17.3 Å². The quantitative estimate of drug-likeness (QED) is 0.331. The number of nitrogens with zero attached hydrogens (tertiary/aromatic N) is 3. The van der Waals surface area contributed by atoms with Gasteiger partial charge >= 0.3 is 0 Å². The summed E-state index contributed by atoms with van der Waals surface area (Å²) >= 11 is 5.85. The Morgan fingerprint density at radius 3 is 2.56 bits per heavy atom. The number of aromatic nitrogens is 2. The molecule has 0 saturated carbocycles. The van der Waals surface area contributed by atoms with Crippen molar-refractivity contribution in [1.29, 1.82) is 0 Å². The molecule has 0 bridgehead atoms. The van der Waals surface area contributed by atoms with Gasteiger partial charge in [0.05, 0.1) is 24.5 Å². The Balaban J connectivity index is 1.66. The Morgan fingerprint density at radius 2 is 1.86 bits per heavy atom. The third-order valence-corrected chi connectivity index (χ3v) is 6.40.